The second kappa shape index (κ2) is 7.76. The molecule has 3 aromatic rings. The molecule has 29 heavy (non-hydrogen) atoms. The van der Waals surface area contributed by atoms with Crippen molar-refractivity contribution in [3.63, 3.8) is 0 Å². The molecule has 1 aromatic carbocycles. The zero-order valence-electron chi connectivity index (χ0n) is 15.2. The maximum atomic E-state index is 12.8. The Morgan fingerprint density at radius 1 is 1.07 bits per heavy atom. The molecule has 0 amide bonds. The lowest BCUT2D eigenvalue weighted by atomic mass is 10.1. The molecule has 0 bridgehead atoms. The Morgan fingerprint density at radius 2 is 1.83 bits per heavy atom. The van der Waals surface area contributed by atoms with Crippen molar-refractivity contribution < 1.29 is 24.5 Å². The third-order valence-corrected chi connectivity index (χ3v) is 4.79. The van der Waals surface area contributed by atoms with E-state index in [1.807, 2.05) is 30.3 Å². The van der Waals surface area contributed by atoms with E-state index < -0.39 is 42.4 Å². The fourth-order valence-corrected chi connectivity index (χ4v) is 3.23. The van der Waals surface area contributed by atoms with Crippen LogP contribution in [0, 0.1) is 0 Å². The summed E-state index contributed by atoms with van der Waals surface area (Å²) in [6.45, 7) is -0.748. The third-order valence-electron chi connectivity index (χ3n) is 4.79. The summed E-state index contributed by atoms with van der Waals surface area (Å²) in [4.78, 5) is 29.2. The van der Waals surface area contributed by atoms with Gasteiger partial charge in [0.25, 0.3) is 5.56 Å². The molecule has 2 unspecified atom stereocenters. The summed E-state index contributed by atoms with van der Waals surface area (Å²) < 4.78 is 12.9. The number of benzene rings is 1. The molecule has 1 saturated heterocycles. The van der Waals surface area contributed by atoms with E-state index in [0.717, 1.165) is 20.8 Å². The Kier molecular flexibility index (Phi) is 5.16. The predicted molar refractivity (Wildman–Crippen MR) is 99.0 cm³/mol. The molecule has 2 aromatic heterocycles. The van der Waals surface area contributed by atoms with Gasteiger partial charge in [0.2, 0.25) is 5.89 Å². The van der Waals surface area contributed by atoms with Gasteiger partial charge in [-0.15, -0.1) is 0 Å². The summed E-state index contributed by atoms with van der Waals surface area (Å²) in [6.07, 6.45) is -2.41. The van der Waals surface area contributed by atoms with Crippen molar-refractivity contribution >= 4 is 0 Å². The summed E-state index contributed by atoms with van der Waals surface area (Å²) in [5.74, 6) is 0.648. The number of aliphatic hydroxyl groups excluding tert-OH is 3. The van der Waals surface area contributed by atoms with Crippen molar-refractivity contribution in [2.24, 2.45) is 0 Å². The molecule has 0 aliphatic carbocycles. The number of oxazole rings is 1. The monoisotopic (exact) mass is 401 g/mol. The van der Waals surface area contributed by atoms with Crippen molar-refractivity contribution in [3.8, 4) is 11.3 Å². The van der Waals surface area contributed by atoms with Gasteiger partial charge in [-0.3, -0.25) is 13.9 Å². The number of ether oxygens (including phenoxy) is 1. The first-order chi connectivity index (χ1) is 14.0. The van der Waals surface area contributed by atoms with Gasteiger partial charge in [0, 0.05) is 17.8 Å². The van der Waals surface area contributed by atoms with E-state index in [2.05, 4.69) is 4.98 Å². The highest BCUT2D eigenvalue weighted by Gasteiger charge is 2.43. The number of hydrogen-bond acceptors (Lipinski definition) is 8. The zero-order chi connectivity index (χ0) is 20.5. The van der Waals surface area contributed by atoms with E-state index in [1.165, 1.54) is 12.4 Å². The van der Waals surface area contributed by atoms with Crippen molar-refractivity contribution in [2.45, 2.75) is 31.1 Å². The van der Waals surface area contributed by atoms with Crippen LogP contribution in [0.4, 0.5) is 0 Å². The molecule has 0 radical (unpaired) electrons. The van der Waals surface area contributed by atoms with E-state index in [9.17, 15) is 24.9 Å². The van der Waals surface area contributed by atoms with Crippen LogP contribution in [0.3, 0.4) is 0 Å². The summed E-state index contributed by atoms with van der Waals surface area (Å²) in [7, 11) is 0. The molecule has 3 heterocycles. The van der Waals surface area contributed by atoms with Gasteiger partial charge in [-0.05, 0) is 0 Å². The van der Waals surface area contributed by atoms with Crippen LogP contribution in [0.25, 0.3) is 11.3 Å². The molecule has 1 aliphatic rings. The normalized spacial score (nSPS) is 24.1. The standard InChI is InChI=1S/C19H19N3O7/c23-10-13-16(25)17(26)18(29-13)21-7-6-15(24)22(19(21)27)9-14-20-8-12(28-14)11-4-2-1-3-5-11/h1-8,13,16-18,23,25-26H,9-10H2/t13-,16?,17?,18-/m1/s1. The lowest BCUT2D eigenvalue weighted by molar-refractivity contribution is -0.0555. The van der Waals surface area contributed by atoms with Gasteiger partial charge in [0.1, 0.15) is 24.9 Å². The van der Waals surface area contributed by atoms with Crippen molar-refractivity contribution in [2.75, 3.05) is 6.61 Å². The van der Waals surface area contributed by atoms with Crippen LogP contribution < -0.4 is 11.2 Å². The number of rotatable bonds is 5. The highest BCUT2D eigenvalue weighted by Crippen LogP contribution is 2.27. The average Bonchev–Trinajstić information content (AvgIpc) is 3.31. The molecule has 3 N–H and O–H groups in total. The molecule has 1 aliphatic heterocycles. The Balaban J connectivity index is 1.64. The molecule has 0 spiro atoms. The van der Waals surface area contributed by atoms with Crippen LogP contribution in [0.15, 0.2) is 62.8 Å². The number of hydrogen-bond donors (Lipinski definition) is 3. The first-order valence-electron chi connectivity index (χ1n) is 8.94. The van der Waals surface area contributed by atoms with Crippen LogP contribution in [0.2, 0.25) is 0 Å². The van der Waals surface area contributed by atoms with Crippen LogP contribution in [-0.2, 0) is 11.3 Å². The maximum absolute atomic E-state index is 12.8. The van der Waals surface area contributed by atoms with Gasteiger partial charge in [-0.2, -0.15) is 0 Å². The molecule has 0 saturated carbocycles. The predicted octanol–water partition coefficient (Wildman–Crippen LogP) is -0.675. The molecular formula is C19H19N3O7. The van der Waals surface area contributed by atoms with Crippen LogP contribution in [-0.4, -0.2) is 54.4 Å². The first-order valence-corrected chi connectivity index (χ1v) is 8.94. The summed E-state index contributed by atoms with van der Waals surface area (Å²) in [5, 5.41) is 29.3. The Bertz CT molecular complexity index is 1100. The molecule has 4 rings (SSSR count). The molecule has 10 heteroatoms. The quantitative estimate of drug-likeness (QED) is 0.511. The molecule has 1 fully saturated rings. The number of aliphatic hydroxyl groups is 3. The second-order valence-corrected chi connectivity index (χ2v) is 6.64. The van der Waals surface area contributed by atoms with Crippen LogP contribution in [0.5, 0.6) is 0 Å². The fourth-order valence-electron chi connectivity index (χ4n) is 3.23. The minimum atomic E-state index is -1.44. The lowest BCUT2D eigenvalue weighted by Gasteiger charge is -2.18. The first kappa shape index (κ1) is 19.3. The Labute approximate surface area is 163 Å². The minimum absolute atomic E-state index is 0.155. The van der Waals surface area contributed by atoms with Crippen molar-refractivity contribution in [1.29, 1.82) is 0 Å². The summed E-state index contributed by atoms with van der Waals surface area (Å²) in [6, 6.07) is 10.4. The van der Waals surface area contributed by atoms with Crippen LogP contribution in [0.1, 0.15) is 12.1 Å². The largest absolute Gasteiger partial charge is 0.439 e. The minimum Gasteiger partial charge on any atom is -0.439 e. The van der Waals surface area contributed by atoms with Gasteiger partial charge in [-0.1, -0.05) is 30.3 Å². The van der Waals surface area contributed by atoms with E-state index in [4.69, 9.17) is 9.15 Å². The average molecular weight is 401 g/mol. The number of aromatic nitrogens is 3. The van der Waals surface area contributed by atoms with Gasteiger partial charge in [-0.25, -0.2) is 9.78 Å². The Morgan fingerprint density at radius 3 is 2.52 bits per heavy atom. The highest BCUT2D eigenvalue weighted by atomic mass is 16.6. The molecule has 10 nitrogen and oxygen atoms in total. The van der Waals surface area contributed by atoms with Gasteiger partial charge in [0.05, 0.1) is 12.8 Å². The third kappa shape index (κ3) is 3.54. The summed E-state index contributed by atoms with van der Waals surface area (Å²) in [5.41, 5.74) is -0.556. The molecule has 152 valence electrons. The van der Waals surface area contributed by atoms with E-state index >= 15 is 0 Å². The van der Waals surface area contributed by atoms with E-state index in [-0.39, 0.29) is 12.4 Å². The maximum Gasteiger partial charge on any atom is 0.333 e. The molecule has 4 atom stereocenters. The van der Waals surface area contributed by atoms with Crippen molar-refractivity contribution in [3.05, 3.63) is 75.5 Å². The fraction of sp³-hybridized carbons (Fsp3) is 0.316. The van der Waals surface area contributed by atoms with Gasteiger partial charge in [0.15, 0.2) is 12.0 Å². The van der Waals surface area contributed by atoms with Crippen molar-refractivity contribution in [1.82, 2.24) is 14.1 Å². The second-order valence-electron chi connectivity index (χ2n) is 6.64. The van der Waals surface area contributed by atoms with Crippen LogP contribution >= 0.6 is 0 Å². The highest BCUT2D eigenvalue weighted by molar-refractivity contribution is 5.55. The molecular weight excluding hydrogens is 382 g/mol. The summed E-state index contributed by atoms with van der Waals surface area (Å²) >= 11 is 0. The number of nitrogens with zero attached hydrogens (tertiary/aromatic N) is 3. The SMILES string of the molecule is O=c1ccn([C@@H]2O[C@H](CO)C(O)C2O)c(=O)n1Cc1ncc(-c2ccccc2)o1. The Hall–Kier alpha value is -3.05. The smallest absolute Gasteiger partial charge is 0.333 e. The van der Waals surface area contributed by atoms with Gasteiger partial charge >= 0.3 is 5.69 Å². The zero-order valence-corrected chi connectivity index (χ0v) is 15.2. The topological polar surface area (TPSA) is 140 Å². The van der Waals surface area contributed by atoms with E-state index in [0.29, 0.717) is 5.76 Å². The van der Waals surface area contributed by atoms with Gasteiger partial charge < -0.3 is 24.5 Å². The lowest BCUT2D eigenvalue weighted by Crippen LogP contribution is -2.43. The van der Waals surface area contributed by atoms with E-state index in [1.54, 1.807) is 0 Å².